The van der Waals surface area contributed by atoms with Crippen LogP contribution in [0, 0.1) is 6.92 Å². The first-order chi connectivity index (χ1) is 9.46. The third-order valence-corrected chi connectivity index (χ3v) is 4.38. The summed E-state index contributed by atoms with van der Waals surface area (Å²) in [7, 11) is -1.69. The first-order valence-corrected chi connectivity index (χ1v) is 7.29. The summed E-state index contributed by atoms with van der Waals surface area (Å²) in [6.07, 6.45) is 0. The third kappa shape index (κ3) is 3.90. The van der Waals surface area contributed by atoms with Crippen molar-refractivity contribution in [2.75, 3.05) is 14.2 Å². The highest BCUT2D eigenvalue weighted by Crippen LogP contribution is 2.47. The molecule has 0 aliphatic rings. The maximum Gasteiger partial charge on any atom is 0.388 e. The quantitative estimate of drug-likeness (QED) is 0.362. The number of nitrogens with zero attached hydrogens (tertiary/aromatic N) is 1. The Hall–Kier alpha value is -1.69. The Bertz CT molecular complexity index is 533. The van der Waals surface area contributed by atoms with E-state index in [1.807, 2.05) is 31.2 Å². The highest BCUT2D eigenvalue weighted by atomic mass is 31.2. The molecule has 0 radical (unpaired) electrons. The summed E-state index contributed by atoms with van der Waals surface area (Å²) in [5, 5.41) is 14.0. The molecular formula is C12H17N2O5P. The van der Waals surface area contributed by atoms with Gasteiger partial charge in [0.2, 0.25) is 0 Å². The molecule has 1 amide bonds. The van der Waals surface area contributed by atoms with E-state index >= 15 is 0 Å². The number of aryl methyl sites for hydroxylation is 1. The molecule has 7 nitrogen and oxygen atoms in total. The zero-order valence-corrected chi connectivity index (χ0v) is 12.4. The van der Waals surface area contributed by atoms with Crippen molar-refractivity contribution >= 4 is 19.0 Å². The van der Waals surface area contributed by atoms with Crippen LogP contribution in [0.15, 0.2) is 29.4 Å². The van der Waals surface area contributed by atoms with Crippen LogP contribution in [0.5, 0.6) is 0 Å². The van der Waals surface area contributed by atoms with Crippen molar-refractivity contribution in [2.45, 2.75) is 13.5 Å². The number of hydrogen-bond acceptors (Lipinski definition) is 6. The molecule has 20 heavy (non-hydrogen) atoms. The maximum absolute atomic E-state index is 12.0. The predicted octanol–water partition coefficient (Wildman–Crippen LogP) is 1.88. The van der Waals surface area contributed by atoms with Gasteiger partial charge in [0.1, 0.15) is 0 Å². The Labute approximate surface area is 117 Å². The van der Waals surface area contributed by atoms with Crippen LogP contribution in [-0.2, 0) is 25.0 Å². The normalized spacial score (nSPS) is 12.2. The lowest BCUT2D eigenvalue weighted by molar-refractivity contribution is -0.114. The monoisotopic (exact) mass is 300 g/mol. The molecule has 0 saturated carbocycles. The maximum atomic E-state index is 12.0. The lowest BCUT2D eigenvalue weighted by atomic mass is 10.1. The fourth-order valence-electron chi connectivity index (χ4n) is 1.44. The van der Waals surface area contributed by atoms with Crippen molar-refractivity contribution in [2.24, 2.45) is 5.16 Å². The minimum Gasteiger partial charge on any atom is -0.410 e. The number of carbonyl (C=O) groups is 1. The standard InChI is InChI=1S/C12H17N2O5P/c1-9-4-6-10(7-5-9)8-13-11(15)12(14-16)20(17,18-2)19-3/h4-7,16H,8H2,1-3H3,(H,13,15)/b14-12+. The summed E-state index contributed by atoms with van der Waals surface area (Å²) in [6.45, 7) is 2.15. The van der Waals surface area contributed by atoms with Crippen LogP contribution < -0.4 is 5.32 Å². The van der Waals surface area contributed by atoms with Crippen LogP contribution in [0.2, 0.25) is 0 Å². The molecule has 0 unspecified atom stereocenters. The van der Waals surface area contributed by atoms with Crippen LogP contribution >= 0.6 is 7.60 Å². The smallest absolute Gasteiger partial charge is 0.388 e. The largest absolute Gasteiger partial charge is 0.410 e. The topological polar surface area (TPSA) is 97.2 Å². The number of hydrogen-bond donors (Lipinski definition) is 2. The Balaban J connectivity index is 2.75. The third-order valence-electron chi connectivity index (χ3n) is 2.61. The van der Waals surface area contributed by atoms with E-state index in [2.05, 4.69) is 19.5 Å². The molecule has 0 atom stereocenters. The van der Waals surface area contributed by atoms with Gasteiger partial charge in [0.05, 0.1) is 0 Å². The van der Waals surface area contributed by atoms with Crippen molar-refractivity contribution in [3.63, 3.8) is 0 Å². The average molecular weight is 300 g/mol. The summed E-state index contributed by atoms with van der Waals surface area (Å²) in [5.41, 5.74) is 1.27. The zero-order chi connectivity index (χ0) is 15.2. The zero-order valence-electron chi connectivity index (χ0n) is 11.5. The van der Waals surface area contributed by atoms with E-state index in [1.54, 1.807) is 0 Å². The number of benzene rings is 1. The van der Waals surface area contributed by atoms with E-state index < -0.39 is 19.0 Å². The summed E-state index contributed by atoms with van der Waals surface area (Å²) in [4.78, 5) is 11.8. The van der Waals surface area contributed by atoms with Gasteiger partial charge in [-0.1, -0.05) is 35.0 Å². The van der Waals surface area contributed by atoms with Gasteiger partial charge in [-0.05, 0) is 12.5 Å². The summed E-state index contributed by atoms with van der Waals surface area (Å²) >= 11 is 0. The van der Waals surface area contributed by atoms with Crippen LogP contribution in [-0.4, -0.2) is 30.8 Å². The summed E-state index contributed by atoms with van der Waals surface area (Å²) in [6, 6.07) is 7.49. The van der Waals surface area contributed by atoms with Crippen molar-refractivity contribution < 1.29 is 23.6 Å². The van der Waals surface area contributed by atoms with Crippen molar-refractivity contribution in [3.8, 4) is 0 Å². The Morgan fingerprint density at radius 1 is 1.30 bits per heavy atom. The number of rotatable bonds is 6. The van der Waals surface area contributed by atoms with Crippen molar-refractivity contribution in [3.05, 3.63) is 35.4 Å². The van der Waals surface area contributed by atoms with E-state index in [9.17, 15) is 9.36 Å². The molecule has 0 saturated heterocycles. The van der Waals surface area contributed by atoms with E-state index in [0.717, 1.165) is 25.3 Å². The highest BCUT2D eigenvalue weighted by Gasteiger charge is 2.36. The molecule has 0 heterocycles. The highest BCUT2D eigenvalue weighted by molar-refractivity contribution is 7.75. The van der Waals surface area contributed by atoms with Gasteiger partial charge in [0.25, 0.3) is 11.4 Å². The molecule has 0 aromatic heterocycles. The second kappa shape index (κ2) is 7.19. The van der Waals surface area contributed by atoms with E-state index in [4.69, 9.17) is 5.21 Å². The second-order valence-corrected chi connectivity index (χ2v) is 6.10. The molecule has 0 aliphatic heterocycles. The van der Waals surface area contributed by atoms with Gasteiger partial charge < -0.3 is 19.6 Å². The minimum absolute atomic E-state index is 0.200. The van der Waals surface area contributed by atoms with Crippen LogP contribution in [0.1, 0.15) is 11.1 Å². The lowest BCUT2D eigenvalue weighted by Gasteiger charge is -2.14. The fraction of sp³-hybridized carbons (Fsp3) is 0.333. The van der Waals surface area contributed by atoms with E-state index in [-0.39, 0.29) is 6.54 Å². The number of carbonyl (C=O) groups excluding carboxylic acids is 1. The van der Waals surface area contributed by atoms with Gasteiger partial charge in [-0.25, -0.2) is 0 Å². The average Bonchev–Trinajstić information content (AvgIpc) is 2.47. The van der Waals surface area contributed by atoms with Crippen LogP contribution in [0.25, 0.3) is 0 Å². The molecule has 110 valence electrons. The molecule has 8 heteroatoms. The summed E-state index contributed by atoms with van der Waals surface area (Å²) in [5.74, 6) is -0.819. The van der Waals surface area contributed by atoms with Gasteiger partial charge >= 0.3 is 7.60 Å². The molecule has 2 N–H and O–H groups in total. The minimum atomic E-state index is -3.89. The molecule has 0 aliphatic carbocycles. The van der Waals surface area contributed by atoms with Gasteiger partial charge in [0.15, 0.2) is 0 Å². The molecule has 0 bridgehead atoms. The van der Waals surface area contributed by atoms with Crippen LogP contribution in [0.4, 0.5) is 0 Å². The molecule has 0 fully saturated rings. The van der Waals surface area contributed by atoms with Gasteiger partial charge in [-0.3, -0.25) is 9.36 Å². The molecule has 0 spiro atoms. The Morgan fingerprint density at radius 3 is 2.30 bits per heavy atom. The number of nitrogens with one attached hydrogen (secondary N) is 1. The number of amides is 1. The van der Waals surface area contributed by atoms with E-state index in [0.29, 0.717) is 0 Å². The first kappa shape index (κ1) is 16.4. The molecule has 1 rings (SSSR count). The van der Waals surface area contributed by atoms with Crippen molar-refractivity contribution in [1.82, 2.24) is 5.32 Å². The van der Waals surface area contributed by atoms with E-state index in [1.165, 1.54) is 0 Å². The molecule has 1 aromatic carbocycles. The molecular weight excluding hydrogens is 283 g/mol. The van der Waals surface area contributed by atoms with Gasteiger partial charge in [-0.15, -0.1) is 0 Å². The Morgan fingerprint density at radius 2 is 1.85 bits per heavy atom. The summed E-state index contributed by atoms with van der Waals surface area (Å²) < 4.78 is 21.2. The van der Waals surface area contributed by atoms with Gasteiger partial charge in [0, 0.05) is 20.8 Å². The Kier molecular flexibility index (Phi) is 5.88. The van der Waals surface area contributed by atoms with Gasteiger partial charge in [-0.2, -0.15) is 0 Å². The van der Waals surface area contributed by atoms with Crippen LogP contribution in [0.3, 0.4) is 0 Å². The van der Waals surface area contributed by atoms with Crippen molar-refractivity contribution in [1.29, 1.82) is 0 Å². The lowest BCUT2D eigenvalue weighted by Crippen LogP contribution is -2.31. The predicted molar refractivity (Wildman–Crippen MR) is 73.9 cm³/mol. The molecule has 1 aromatic rings. The first-order valence-electron chi connectivity index (χ1n) is 5.74. The SMILES string of the molecule is COP(=O)(OC)/C(=N/O)C(=O)NCc1ccc(C)cc1. The number of oxime groups is 1. The second-order valence-electron chi connectivity index (χ2n) is 3.95. The fourth-order valence-corrected chi connectivity index (χ4v) is 2.37.